The number of nitrogens with one attached hydrogen (secondary N) is 2. The van der Waals surface area contributed by atoms with E-state index in [1.165, 1.54) is 16.7 Å². The highest BCUT2D eigenvalue weighted by molar-refractivity contribution is 5.39. The van der Waals surface area contributed by atoms with Crippen LogP contribution in [0.15, 0.2) is 18.2 Å². The number of hydrogen-bond acceptors (Lipinski definition) is 2. The van der Waals surface area contributed by atoms with Crippen molar-refractivity contribution in [2.75, 3.05) is 13.1 Å². The molecule has 1 unspecified atom stereocenters. The molecule has 0 saturated carbocycles. The maximum absolute atomic E-state index is 3.63. The van der Waals surface area contributed by atoms with Crippen LogP contribution in [0.5, 0.6) is 0 Å². The number of hydrogen-bond donors (Lipinski definition) is 2. The molecule has 2 heteroatoms. The number of rotatable bonds is 2. The molecule has 17 heavy (non-hydrogen) atoms. The van der Waals surface area contributed by atoms with Crippen LogP contribution < -0.4 is 10.6 Å². The molecule has 2 N–H and O–H groups in total. The first kappa shape index (κ1) is 12.6. The fourth-order valence-corrected chi connectivity index (χ4v) is 2.52. The molecular formula is C15H24N2. The zero-order valence-electron chi connectivity index (χ0n) is 11.4. The van der Waals surface area contributed by atoms with Gasteiger partial charge in [-0.05, 0) is 57.4 Å². The van der Waals surface area contributed by atoms with Crippen LogP contribution in [-0.2, 0) is 6.42 Å². The summed E-state index contributed by atoms with van der Waals surface area (Å²) in [6, 6.07) is 7.12. The standard InChI is InChI=1S/C15H24N2/c1-11-6-5-7-12-8-9-16-13(14(11)12)10-17-15(2,3)4/h5-7,13,16-17H,8-10H2,1-4H3. The van der Waals surface area contributed by atoms with E-state index >= 15 is 0 Å². The zero-order chi connectivity index (χ0) is 12.5. The van der Waals surface area contributed by atoms with E-state index in [0.29, 0.717) is 6.04 Å². The average molecular weight is 232 g/mol. The molecule has 1 aromatic rings. The SMILES string of the molecule is Cc1cccc2c1C(CNC(C)(C)C)NCC2. The molecule has 1 aromatic carbocycles. The van der Waals surface area contributed by atoms with Crippen LogP contribution in [0.1, 0.15) is 43.5 Å². The highest BCUT2D eigenvalue weighted by Crippen LogP contribution is 2.26. The molecule has 2 rings (SSSR count). The van der Waals surface area contributed by atoms with Gasteiger partial charge in [0.25, 0.3) is 0 Å². The van der Waals surface area contributed by atoms with E-state index in [0.717, 1.165) is 19.5 Å². The van der Waals surface area contributed by atoms with Crippen LogP contribution in [0.2, 0.25) is 0 Å². The van der Waals surface area contributed by atoms with Gasteiger partial charge in [0.1, 0.15) is 0 Å². The van der Waals surface area contributed by atoms with Crippen LogP contribution in [0, 0.1) is 6.92 Å². The zero-order valence-corrected chi connectivity index (χ0v) is 11.4. The molecule has 1 aliphatic heterocycles. The summed E-state index contributed by atoms with van der Waals surface area (Å²) in [6.07, 6.45) is 1.16. The third-order valence-electron chi connectivity index (χ3n) is 3.38. The third kappa shape index (κ3) is 3.08. The van der Waals surface area contributed by atoms with Gasteiger partial charge >= 0.3 is 0 Å². The van der Waals surface area contributed by atoms with E-state index in [2.05, 4.69) is 56.5 Å². The van der Waals surface area contributed by atoms with Crippen molar-refractivity contribution >= 4 is 0 Å². The summed E-state index contributed by atoms with van der Waals surface area (Å²) < 4.78 is 0. The monoisotopic (exact) mass is 232 g/mol. The van der Waals surface area contributed by atoms with Gasteiger partial charge in [0.05, 0.1) is 0 Å². The Morgan fingerprint density at radius 1 is 1.35 bits per heavy atom. The van der Waals surface area contributed by atoms with Gasteiger partial charge < -0.3 is 10.6 Å². The summed E-state index contributed by atoms with van der Waals surface area (Å²) in [5.74, 6) is 0. The van der Waals surface area contributed by atoms with Gasteiger partial charge in [-0.3, -0.25) is 0 Å². The summed E-state index contributed by atoms with van der Waals surface area (Å²) in [4.78, 5) is 0. The van der Waals surface area contributed by atoms with Gasteiger partial charge in [0.2, 0.25) is 0 Å². The van der Waals surface area contributed by atoms with Crippen molar-refractivity contribution in [3.05, 3.63) is 34.9 Å². The highest BCUT2D eigenvalue weighted by Gasteiger charge is 2.22. The van der Waals surface area contributed by atoms with E-state index < -0.39 is 0 Å². The van der Waals surface area contributed by atoms with Gasteiger partial charge in [-0.2, -0.15) is 0 Å². The maximum atomic E-state index is 3.63. The van der Waals surface area contributed by atoms with Crippen molar-refractivity contribution in [2.24, 2.45) is 0 Å². The molecular weight excluding hydrogens is 208 g/mol. The van der Waals surface area contributed by atoms with Crippen molar-refractivity contribution in [2.45, 2.75) is 45.7 Å². The van der Waals surface area contributed by atoms with E-state index in [1.54, 1.807) is 0 Å². The van der Waals surface area contributed by atoms with Gasteiger partial charge in [-0.1, -0.05) is 18.2 Å². The van der Waals surface area contributed by atoms with Crippen molar-refractivity contribution in [1.82, 2.24) is 10.6 Å². The predicted molar refractivity (Wildman–Crippen MR) is 73.4 cm³/mol. The van der Waals surface area contributed by atoms with Gasteiger partial charge in [-0.25, -0.2) is 0 Å². The second kappa shape index (κ2) is 4.79. The molecule has 1 heterocycles. The molecule has 0 saturated heterocycles. The van der Waals surface area contributed by atoms with Crippen LogP contribution >= 0.6 is 0 Å². The van der Waals surface area contributed by atoms with Crippen molar-refractivity contribution in [3.63, 3.8) is 0 Å². The summed E-state index contributed by atoms with van der Waals surface area (Å²) in [5.41, 5.74) is 4.62. The number of fused-ring (bicyclic) bond motifs is 1. The van der Waals surface area contributed by atoms with Crippen molar-refractivity contribution < 1.29 is 0 Å². The van der Waals surface area contributed by atoms with Gasteiger partial charge in [-0.15, -0.1) is 0 Å². The van der Waals surface area contributed by atoms with Crippen molar-refractivity contribution in [1.29, 1.82) is 0 Å². The van der Waals surface area contributed by atoms with Crippen molar-refractivity contribution in [3.8, 4) is 0 Å². The molecule has 2 nitrogen and oxygen atoms in total. The van der Waals surface area contributed by atoms with Crippen LogP contribution in [-0.4, -0.2) is 18.6 Å². The minimum atomic E-state index is 0.183. The molecule has 0 spiro atoms. The smallest absolute Gasteiger partial charge is 0.0452 e. The lowest BCUT2D eigenvalue weighted by molar-refractivity contribution is 0.374. The molecule has 94 valence electrons. The average Bonchev–Trinajstić information content (AvgIpc) is 2.25. The second-order valence-corrected chi connectivity index (χ2v) is 6.04. The normalized spacial score (nSPS) is 20.1. The van der Waals surface area contributed by atoms with Gasteiger partial charge in [0.15, 0.2) is 0 Å². The molecule has 0 aromatic heterocycles. The minimum Gasteiger partial charge on any atom is -0.310 e. The molecule has 0 radical (unpaired) electrons. The summed E-state index contributed by atoms with van der Waals surface area (Å²) in [6.45, 7) is 11.0. The Labute approximate surface area is 105 Å². The Kier molecular flexibility index (Phi) is 3.55. The Bertz CT molecular complexity index is 390. The predicted octanol–water partition coefficient (Wildman–Crippen LogP) is 2.57. The molecule has 0 fully saturated rings. The molecule has 1 aliphatic rings. The Hall–Kier alpha value is -0.860. The van der Waals surface area contributed by atoms with Crippen LogP contribution in [0.3, 0.4) is 0 Å². The molecule has 0 bridgehead atoms. The maximum Gasteiger partial charge on any atom is 0.0452 e. The quantitative estimate of drug-likeness (QED) is 0.819. The first-order chi connectivity index (χ1) is 7.97. The number of aryl methyl sites for hydroxylation is 1. The Balaban J connectivity index is 2.17. The number of benzene rings is 1. The summed E-state index contributed by atoms with van der Waals surface area (Å²) in [7, 11) is 0. The minimum absolute atomic E-state index is 0.183. The molecule has 1 atom stereocenters. The summed E-state index contributed by atoms with van der Waals surface area (Å²) in [5, 5.41) is 7.22. The lowest BCUT2D eigenvalue weighted by Gasteiger charge is -2.31. The largest absolute Gasteiger partial charge is 0.310 e. The topological polar surface area (TPSA) is 24.1 Å². The van der Waals surface area contributed by atoms with E-state index in [9.17, 15) is 0 Å². The first-order valence-corrected chi connectivity index (χ1v) is 6.54. The van der Waals surface area contributed by atoms with E-state index in [1.807, 2.05) is 0 Å². The van der Waals surface area contributed by atoms with E-state index in [4.69, 9.17) is 0 Å². The fourth-order valence-electron chi connectivity index (χ4n) is 2.52. The Morgan fingerprint density at radius 3 is 2.82 bits per heavy atom. The third-order valence-corrected chi connectivity index (χ3v) is 3.38. The van der Waals surface area contributed by atoms with Crippen LogP contribution in [0.25, 0.3) is 0 Å². The molecule has 0 aliphatic carbocycles. The van der Waals surface area contributed by atoms with Gasteiger partial charge in [0, 0.05) is 18.1 Å². The lowest BCUT2D eigenvalue weighted by atomic mass is 9.90. The molecule has 0 amide bonds. The van der Waals surface area contributed by atoms with Crippen LogP contribution in [0.4, 0.5) is 0 Å². The fraction of sp³-hybridized carbons (Fsp3) is 0.600. The van der Waals surface area contributed by atoms with E-state index in [-0.39, 0.29) is 5.54 Å². The Morgan fingerprint density at radius 2 is 2.12 bits per heavy atom. The summed E-state index contributed by atoms with van der Waals surface area (Å²) >= 11 is 0. The highest BCUT2D eigenvalue weighted by atomic mass is 15.0. The second-order valence-electron chi connectivity index (χ2n) is 6.04. The first-order valence-electron chi connectivity index (χ1n) is 6.54. The lowest BCUT2D eigenvalue weighted by Crippen LogP contribution is -2.44.